The van der Waals surface area contributed by atoms with Crippen LogP contribution < -0.4 is 0 Å². The van der Waals surface area contributed by atoms with E-state index in [1.807, 2.05) is 53.8 Å². The largest absolute Gasteiger partial charge is 0.456 e. The minimum atomic E-state index is -0.501. The summed E-state index contributed by atoms with van der Waals surface area (Å²) in [5.74, 6) is 3.71. The number of benzene rings is 18. The molecule has 0 amide bonds. The number of hydrogen-bond acceptors (Lipinski definition) is 8. The van der Waals surface area contributed by atoms with Crippen LogP contribution in [0.2, 0.25) is 0 Å². The highest BCUT2D eigenvalue weighted by molar-refractivity contribution is 7.26. The van der Waals surface area contributed by atoms with Crippen molar-refractivity contribution >= 4 is 64.2 Å². The Labute approximate surface area is 709 Å². The van der Waals surface area contributed by atoms with E-state index < -0.39 is 10.8 Å². The Balaban J connectivity index is 0.000000145. The van der Waals surface area contributed by atoms with Gasteiger partial charge in [-0.3, -0.25) is 0 Å². The average Bonchev–Trinajstić information content (AvgIpc) is 1.54. The monoisotopic (exact) mass is 1570 g/mol. The van der Waals surface area contributed by atoms with Crippen LogP contribution in [0.15, 0.2) is 441 Å². The van der Waals surface area contributed by atoms with E-state index in [1.165, 1.54) is 92.3 Å². The van der Waals surface area contributed by atoms with Crippen molar-refractivity contribution in [3.8, 4) is 124 Å². The summed E-state index contributed by atoms with van der Waals surface area (Å²) >= 11 is 1.85. The summed E-state index contributed by atoms with van der Waals surface area (Å²) in [6.45, 7) is 0. The minimum Gasteiger partial charge on any atom is -0.456 e. The van der Waals surface area contributed by atoms with Gasteiger partial charge in [-0.15, -0.1) is 11.3 Å². The second kappa shape index (κ2) is 29.7. The quantitative estimate of drug-likeness (QED) is 0.114. The first-order valence-corrected chi connectivity index (χ1v) is 42.2. The molecule has 0 fully saturated rings. The summed E-state index contributed by atoms with van der Waals surface area (Å²) in [6, 6.07) is 156. The van der Waals surface area contributed by atoms with Gasteiger partial charge < -0.3 is 4.42 Å². The van der Waals surface area contributed by atoms with Gasteiger partial charge in [-0.1, -0.05) is 388 Å². The third kappa shape index (κ3) is 12.0. The van der Waals surface area contributed by atoms with Crippen molar-refractivity contribution in [2.75, 3.05) is 0 Å². The first-order valence-electron chi connectivity index (χ1n) is 41.4. The fraction of sp³-hybridized carbons (Fsp3) is 0.0175. The molecule has 570 valence electrons. The van der Waals surface area contributed by atoms with Crippen LogP contribution >= 0.6 is 11.3 Å². The molecule has 7 nitrogen and oxygen atoms in total. The molecule has 4 aromatic heterocycles. The standard InChI is InChI=1S/C64H41N3S.C50H31N3O/c1-4-18-42(19-5-1)44-34-36-45(37-35-44)61-65-62(47-23-16-22-46(40-47)43-20-6-2-7-21-43)67-63(66-61)54-29-11-10-26-50(54)53-30-17-33-59-60(53)55-41-49(38-39-58(55)68-59)64(48-24-8-3-9-25-48)56-31-14-12-27-51(56)52-28-13-15-32-57(52)64;1-3-14-33(15-4-1)47-51-48(35-24-23-32-13-7-8-16-34(32)29-35)53-49(52-47)36-25-27-41-42-28-26-38(31-46(42)54-45(41)30-36)50(37-17-5-2-6-18-37)43-21-11-9-19-39(43)40-20-10-12-22-44(40)50/h1-41H;1-31H. The van der Waals surface area contributed by atoms with Gasteiger partial charge >= 0.3 is 0 Å². The van der Waals surface area contributed by atoms with Gasteiger partial charge in [-0.25, -0.2) is 29.9 Å². The number of thiophene rings is 1. The van der Waals surface area contributed by atoms with Gasteiger partial charge in [0.1, 0.15) is 11.2 Å². The molecule has 0 N–H and O–H groups in total. The fourth-order valence-corrected chi connectivity index (χ4v) is 20.2. The molecule has 2 aliphatic carbocycles. The zero-order valence-electron chi connectivity index (χ0n) is 66.1. The van der Waals surface area contributed by atoms with Gasteiger partial charge in [0.2, 0.25) is 0 Å². The molecule has 0 saturated carbocycles. The molecule has 0 bridgehead atoms. The third-order valence-corrected chi connectivity index (χ3v) is 25.8. The highest BCUT2D eigenvalue weighted by Crippen LogP contribution is 2.59. The molecule has 0 saturated heterocycles. The van der Waals surface area contributed by atoms with Gasteiger partial charge in [-0.05, 0) is 159 Å². The average molecular weight is 1570 g/mol. The molecule has 24 rings (SSSR count). The van der Waals surface area contributed by atoms with E-state index >= 15 is 0 Å². The molecule has 18 aromatic carbocycles. The van der Waals surface area contributed by atoms with Crippen LogP contribution in [0.4, 0.5) is 0 Å². The zero-order valence-corrected chi connectivity index (χ0v) is 66.9. The molecule has 22 aromatic rings. The van der Waals surface area contributed by atoms with Crippen molar-refractivity contribution in [1.29, 1.82) is 0 Å². The fourth-order valence-electron chi connectivity index (χ4n) is 19.1. The lowest BCUT2D eigenvalue weighted by molar-refractivity contribution is 0.665. The molecule has 122 heavy (non-hydrogen) atoms. The van der Waals surface area contributed by atoms with Crippen LogP contribution in [0.5, 0.6) is 0 Å². The second-order valence-electron chi connectivity index (χ2n) is 31.4. The highest BCUT2D eigenvalue weighted by Gasteiger charge is 2.48. The van der Waals surface area contributed by atoms with Crippen LogP contribution in [0.1, 0.15) is 44.5 Å². The number of fused-ring (bicyclic) bond motifs is 13. The van der Waals surface area contributed by atoms with Gasteiger partial charge in [-0.2, -0.15) is 0 Å². The molecule has 0 unspecified atom stereocenters. The Morgan fingerprint density at radius 2 is 0.549 bits per heavy atom. The van der Waals surface area contributed by atoms with Crippen molar-refractivity contribution in [3.63, 3.8) is 0 Å². The molecule has 0 spiro atoms. The summed E-state index contributed by atoms with van der Waals surface area (Å²) in [5.41, 5.74) is 28.1. The highest BCUT2D eigenvalue weighted by atomic mass is 32.1. The van der Waals surface area contributed by atoms with Crippen LogP contribution in [-0.2, 0) is 10.8 Å². The Hall–Kier alpha value is -15.7. The van der Waals surface area contributed by atoms with Gasteiger partial charge in [0.05, 0.1) is 10.8 Å². The normalized spacial score (nSPS) is 12.7. The van der Waals surface area contributed by atoms with Crippen LogP contribution in [0, 0.1) is 0 Å². The van der Waals surface area contributed by atoms with E-state index in [9.17, 15) is 0 Å². The van der Waals surface area contributed by atoms with E-state index in [4.69, 9.17) is 34.3 Å². The molecule has 8 heteroatoms. The van der Waals surface area contributed by atoms with Gasteiger partial charge in [0.15, 0.2) is 34.9 Å². The Bertz CT molecular complexity index is 7730. The molecule has 2 aliphatic rings. The number of furan rings is 1. The van der Waals surface area contributed by atoms with Crippen molar-refractivity contribution in [1.82, 2.24) is 29.9 Å². The van der Waals surface area contributed by atoms with E-state index in [2.05, 4.69) is 394 Å². The number of nitrogens with zero attached hydrogens (tertiary/aromatic N) is 6. The number of rotatable bonds is 13. The lowest BCUT2D eigenvalue weighted by atomic mass is 9.67. The maximum atomic E-state index is 6.78. The number of hydrogen-bond donors (Lipinski definition) is 0. The third-order valence-electron chi connectivity index (χ3n) is 24.7. The minimum absolute atomic E-state index is 0.495. The van der Waals surface area contributed by atoms with E-state index in [0.717, 1.165) is 94.1 Å². The summed E-state index contributed by atoms with van der Waals surface area (Å²) in [6.07, 6.45) is 0. The Kier molecular flexibility index (Phi) is 17.4. The van der Waals surface area contributed by atoms with Crippen LogP contribution in [-0.4, -0.2) is 29.9 Å². The smallest absolute Gasteiger partial charge is 0.164 e. The molecule has 0 radical (unpaired) electrons. The summed E-state index contributed by atoms with van der Waals surface area (Å²) in [7, 11) is 0. The van der Waals surface area contributed by atoms with Crippen molar-refractivity contribution < 1.29 is 4.42 Å². The summed E-state index contributed by atoms with van der Waals surface area (Å²) in [4.78, 5) is 30.9. The molecule has 0 atom stereocenters. The van der Waals surface area contributed by atoms with Gasteiger partial charge in [0, 0.05) is 64.3 Å². The molecular formula is C114H72N6OS. The lowest BCUT2D eigenvalue weighted by Crippen LogP contribution is -2.28. The Morgan fingerprint density at radius 3 is 1.12 bits per heavy atom. The van der Waals surface area contributed by atoms with E-state index in [-0.39, 0.29) is 0 Å². The summed E-state index contributed by atoms with van der Waals surface area (Å²) in [5, 5.41) is 6.90. The van der Waals surface area contributed by atoms with E-state index in [1.54, 1.807) is 0 Å². The SMILES string of the molecule is c1ccc(-c2ccc(-c3nc(-c4cccc(-c5ccccc5)c4)nc(-c4ccccc4-c4cccc5sc6ccc(C7(c8ccccc8)c8ccccc8-c8ccccc87)cc6c45)n3)cc2)cc1.c1ccc(-c2nc(-c3ccc4ccccc4c3)nc(-c3ccc4c(c3)oc3cc(C5(c6ccccc6)c6ccccc6-c6ccccc65)ccc34)n2)cc1. The van der Waals surface area contributed by atoms with Crippen LogP contribution in [0.3, 0.4) is 0 Å². The molecule has 0 aliphatic heterocycles. The predicted molar refractivity (Wildman–Crippen MR) is 501 cm³/mol. The predicted octanol–water partition coefficient (Wildman–Crippen LogP) is 28.9. The summed E-state index contributed by atoms with van der Waals surface area (Å²) < 4.78 is 9.26. The zero-order chi connectivity index (χ0) is 80.7. The van der Waals surface area contributed by atoms with Crippen LogP contribution in [0.25, 0.3) is 177 Å². The van der Waals surface area contributed by atoms with Crippen molar-refractivity contribution in [2.24, 2.45) is 0 Å². The molecular weight excluding hydrogens is 1500 g/mol. The first-order chi connectivity index (χ1) is 60.4. The molecule has 4 heterocycles. The topological polar surface area (TPSA) is 90.5 Å². The second-order valence-corrected chi connectivity index (χ2v) is 32.5. The maximum Gasteiger partial charge on any atom is 0.164 e. The van der Waals surface area contributed by atoms with E-state index in [0.29, 0.717) is 34.9 Å². The maximum absolute atomic E-state index is 6.78. The van der Waals surface area contributed by atoms with Crippen molar-refractivity contribution in [2.45, 2.75) is 10.8 Å². The number of aromatic nitrogens is 6. The first kappa shape index (κ1) is 71.6. The van der Waals surface area contributed by atoms with Gasteiger partial charge in [0.25, 0.3) is 0 Å². The lowest BCUT2D eigenvalue weighted by Gasteiger charge is -2.34. The van der Waals surface area contributed by atoms with Crippen molar-refractivity contribution in [3.05, 3.63) is 481 Å². The Morgan fingerprint density at radius 1 is 0.189 bits per heavy atom.